The minimum absolute atomic E-state index is 0.313. The summed E-state index contributed by atoms with van der Waals surface area (Å²) in [5.41, 5.74) is 0. The van der Waals surface area contributed by atoms with Crippen LogP contribution >= 0.6 is 11.3 Å². The van der Waals surface area contributed by atoms with Crippen LogP contribution in [0.4, 0.5) is 0 Å². The molecule has 1 atom stereocenters. The molecule has 1 aliphatic heterocycles. The van der Waals surface area contributed by atoms with Gasteiger partial charge in [0.25, 0.3) is 0 Å². The van der Waals surface area contributed by atoms with E-state index in [1.165, 1.54) is 0 Å². The summed E-state index contributed by atoms with van der Waals surface area (Å²) in [5.74, 6) is 2.14. The van der Waals surface area contributed by atoms with Crippen LogP contribution in [-0.2, 0) is 11.2 Å². The van der Waals surface area contributed by atoms with Gasteiger partial charge in [0.2, 0.25) is 0 Å². The van der Waals surface area contributed by atoms with Crippen molar-refractivity contribution in [2.75, 3.05) is 52.5 Å². The summed E-state index contributed by atoms with van der Waals surface area (Å²) in [5, 5.41) is 10.0. The van der Waals surface area contributed by atoms with Gasteiger partial charge in [-0.1, -0.05) is 6.92 Å². The Kier molecular flexibility index (Phi) is 8.13. The summed E-state index contributed by atoms with van der Waals surface area (Å²) in [6.07, 6.45) is 4.39. The Morgan fingerprint density at radius 2 is 2.19 bits per heavy atom. The number of nitrogens with zero attached hydrogens (tertiary/aromatic N) is 3. The molecule has 1 unspecified atom stereocenters. The summed E-state index contributed by atoms with van der Waals surface area (Å²) in [6.45, 7) is 9.16. The number of rotatable bonds is 9. The molecule has 1 aliphatic rings. The van der Waals surface area contributed by atoms with E-state index in [0.29, 0.717) is 12.5 Å². The monoisotopic (exact) mass is 391 g/mol. The molecule has 3 rings (SSSR count). The Labute approximate surface area is 164 Å². The molecule has 0 radical (unpaired) electrons. The van der Waals surface area contributed by atoms with Crippen LogP contribution < -0.4 is 10.6 Å². The zero-order valence-electron chi connectivity index (χ0n) is 15.9. The smallest absolute Gasteiger partial charge is 0.191 e. The van der Waals surface area contributed by atoms with Gasteiger partial charge in [-0.2, -0.15) is 0 Å². The molecular formula is C19H29N5O2S. The van der Waals surface area contributed by atoms with Gasteiger partial charge in [0.1, 0.15) is 5.76 Å². The molecule has 2 aromatic rings. The Balaban J connectivity index is 1.47. The van der Waals surface area contributed by atoms with E-state index in [4.69, 9.17) is 14.1 Å². The first-order valence-corrected chi connectivity index (χ1v) is 10.4. The Bertz CT molecular complexity index is 654. The predicted octanol–water partition coefficient (Wildman–Crippen LogP) is 1.95. The van der Waals surface area contributed by atoms with E-state index in [1.807, 2.05) is 23.7 Å². The number of ether oxygens (including phenoxy) is 1. The zero-order chi connectivity index (χ0) is 18.7. The largest absolute Gasteiger partial charge is 0.469 e. The highest BCUT2D eigenvalue weighted by molar-refractivity contribution is 7.09. The lowest BCUT2D eigenvalue weighted by molar-refractivity contribution is 0.0389. The first kappa shape index (κ1) is 19.9. The third-order valence-corrected chi connectivity index (χ3v) is 5.47. The van der Waals surface area contributed by atoms with Gasteiger partial charge in [-0.15, -0.1) is 11.3 Å². The van der Waals surface area contributed by atoms with Crippen LogP contribution in [0, 0.1) is 0 Å². The number of morpholine rings is 1. The van der Waals surface area contributed by atoms with Crippen LogP contribution in [0.5, 0.6) is 0 Å². The van der Waals surface area contributed by atoms with Gasteiger partial charge >= 0.3 is 0 Å². The highest BCUT2D eigenvalue weighted by Crippen LogP contribution is 2.17. The van der Waals surface area contributed by atoms with Gasteiger partial charge in [0.05, 0.1) is 31.0 Å². The number of aliphatic imine (C=N–C) groups is 1. The van der Waals surface area contributed by atoms with Gasteiger partial charge in [-0.25, -0.2) is 4.98 Å². The van der Waals surface area contributed by atoms with E-state index in [9.17, 15) is 0 Å². The molecule has 27 heavy (non-hydrogen) atoms. The number of guanidine groups is 1. The van der Waals surface area contributed by atoms with E-state index >= 15 is 0 Å². The van der Waals surface area contributed by atoms with Crippen molar-refractivity contribution >= 4 is 17.3 Å². The maximum atomic E-state index is 5.40. The van der Waals surface area contributed by atoms with Crippen LogP contribution in [0.2, 0.25) is 0 Å². The topological polar surface area (TPSA) is 74.9 Å². The van der Waals surface area contributed by atoms with Gasteiger partial charge in [-0.3, -0.25) is 9.89 Å². The fourth-order valence-corrected chi connectivity index (χ4v) is 3.56. The van der Waals surface area contributed by atoms with Crippen LogP contribution in [0.15, 0.2) is 39.4 Å². The second kappa shape index (κ2) is 11.1. The Hall–Kier alpha value is -1.90. The van der Waals surface area contributed by atoms with Gasteiger partial charge in [-0.05, 0) is 12.1 Å². The van der Waals surface area contributed by atoms with Crippen molar-refractivity contribution in [2.24, 2.45) is 4.99 Å². The van der Waals surface area contributed by atoms with Crippen LogP contribution in [0.1, 0.15) is 23.6 Å². The molecule has 0 amide bonds. The number of hydrogen-bond donors (Lipinski definition) is 2. The number of hydrogen-bond acceptors (Lipinski definition) is 6. The van der Waals surface area contributed by atoms with E-state index in [0.717, 1.165) is 69.1 Å². The highest BCUT2D eigenvalue weighted by Gasteiger charge is 2.11. The van der Waals surface area contributed by atoms with Crippen molar-refractivity contribution in [3.8, 4) is 0 Å². The number of nitrogens with one attached hydrogen (secondary N) is 2. The lowest BCUT2D eigenvalue weighted by Gasteiger charge is -2.26. The average molecular weight is 392 g/mol. The third kappa shape index (κ3) is 6.97. The standard InChI is InChI=1S/C19H29N5O2S/c1-16(18-20-7-14-27-18)15-23-19(21-5-4-17-3-2-11-26-17)22-6-8-24-9-12-25-13-10-24/h2-3,7,11,14,16H,4-6,8-10,12-13,15H2,1H3,(H2,21,22,23). The molecule has 0 bridgehead atoms. The third-order valence-electron chi connectivity index (χ3n) is 4.46. The maximum Gasteiger partial charge on any atom is 0.191 e. The van der Waals surface area contributed by atoms with Crippen LogP contribution in [0.3, 0.4) is 0 Å². The number of aromatic nitrogens is 1. The van der Waals surface area contributed by atoms with Gasteiger partial charge in [0.15, 0.2) is 5.96 Å². The minimum atomic E-state index is 0.313. The van der Waals surface area contributed by atoms with E-state index in [1.54, 1.807) is 17.6 Å². The zero-order valence-corrected chi connectivity index (χ0v) is 16.7. The van der Waals surface area contributed by atoms with Crippen LogP contribution in [-0.4, -0.2) is 68.3 Å². The molecule has 1 saturated heterocycles. The summed E-state index contributed by atoms with van der Waals surface area (Å²) in [4.78, 5) is 11.6. The quantitative estimate of drug-likeness (QED) is 0.503. The number of thiazole rings is 1. The SMILES string of the molecule is CC(CN=C(NCCc1ccco1)NCCN1CCOCC1)c1nccs1. The summed E-state index contributed by atoms with van der Waals surface area (Å²) in [7, 11) is 0. The van der Waals surface area contributed by atoms with Crippen molar-refractivity contribution in [2.45, 2.75) is 19.3 Å². The molecule has 0 aliphatic carbocycles. The molecular weight excluding hydrogens is 362 g/mol. The second-order valence-corrected chi connectivity index (χ2v) is 7.52. The fraction of sp³-hybridized carbons (Fsp3) is 0.579. The Morgan fingerprint density at radius 3 is 2.93 bits per heavy atom. The van der Waals surface area contributed by atoms with Crippen molar-refractivity contribution in [3.63, 3.8) is 0 Å². The molecule has 0 aromatic carbocycles. The van der Waals surface area contributed by atoms with E-state index in [-0.39, 0.29) is 0 Å². The fourth-order valence-electron chi connectivity index (χ4n) is 2.87. The predicted molar refractivity (Wildman–Crippen MR) is 109 cm³/mol. The summed E-state index contributed by atoms with van der Waals surface area (Å²) in [6, 6.07) is 3.91. The minimum Gasteiger partial charge on any atom is -0.469 e. The first-order valence-electron chi connectivity index (χ1n) is 9.55. The molecule has 148 valence electrons. The van der Waals surface area contributed by atoms with E-state index < -0.39 is 0 Å². The lowest BCUT2D eigenvalue weighted by Crippen LogP contribution is -2.45. The second-order valence-electron chi connectivity index (χ2n) is 6.60. The first-order chi connectivity index (χ1) is 13.3. The maximum absolute atomic E-state index is 5.40. The molecule has 7 nitrogen and oxygen atoms in total. The molecule has 1 fully saturated rings. The van der Waals surface area contributed by atoms with Gasteiger partial charge in [0, 0.05) is 56.6 Å². The van der Waals surface area contributed by atoms with Crippen LogP contribution in [0.25, 0.3) is 0 Å². The van der Waals surface area contributed by atoms with E-state index in [2.05, 4.69) is 27.4 Å². The molecule has 2 N–H and O–H groups in total. The normalized spacial score (nSPS) is 17.0. The molecule has 0 spiro atoms. The average Bonchev–Trinajstić information content (AvgIpc) is 3.40. The van der Waals surface area contributed by atoms with Crippen molar-refractivity contribution in [1.29, 1.82) is 0 Å². The van der Waals surface area contributed by atoms with Gasteiger partial charge < -0.3 is 19.8 Å². The highest BCUT2D eigenvalue weighted by atomic mass is 32.1. The summed E-state index contributed by atoms with van der Waals surface area (Å²) < 4.78 is 10.8. The molecule has 3 heterocycles. The van der Waals surface area contributed by atoms with Crippen molar-refractivity contribution < 1.29 is 9.15 Å². The lowest BCUT2D eigenvalue weighted by atomic mass is 10.2. The number of furan rings is 1. The molecule has 0 saturated carbocycles. The Morgan fingerprint density at radius 1 is 1.33 bits per heavy atom. The summed E-state index contributed by atoms with van der Waals surface area (Å²) >= 11 is 1.68. The molecule has 2 aromatic heterocycles. The van der Waals surface area contributed by atoms with Crippen molar-refractivity contribution in [3.05, 3.63) is 40.7 Å². The molecule has 8 heteroatoms. The van der Waals surface area contributed by atoms with Crippen molar-refractivity contribution in [1.82, 2.24) is 20.5 Å².